The minimum atomic E-state index is -0.939. The molecule has 4 rings (SSSR count). The van der Waals surface area contributed by atoms with E-state index in [1.165, 1.54) is 0 Å². The molecular weight excluding hydrogens is 472 g/mol. The molecule has 190 valence electrons. The van der Waals surface area contributed by atoms with E-state index in [1.54, 1.807) is 32.8 Å². The fraction of sp³-hybridized carbons (Fsp3) is 0.560. The molecule has 10 heteroatoms. The monoisotopic (exact) mass is 504 g/mol. The summed E-state index contributed by atoms with van der Waals surface area (Å²) in [6.45, 7) is 5.35. The standard InChI is InChI=1S/C25H33ClN4O5/c1-19-13-21(4-5-22(19)26)34-18-25(14-24(32)29-7-10-33-11-8-29)17-30(9-12-35-25)23(31)6-3-20-15-27-28(2)16-20/h4-5,13,15-16H,3,6-12,14,17-18H2,1-2H3. The Morgan fingerprint density at radius 2 is 1.91 bits per heavy atom. The zero-order valence-corrected chi connectivity index (χ0v) is 21.1. The Bertz CT molecular complexity index is 1040. The topological polar surface area (TPSA) is 86.1 Å². The van der Waals surface area contributed by atoms with E-state index in [0.29, 0.717) is 69.6 Å². The number of amides is 2. The first-order chi connectivity index (χ1) is 16.8. The van der Waals surface area contributed by atoms with E-state index in [4.69, 9.17) is 25.8 Å². The number of ether oxygens (including phenoxy) is 3. The fourth-order valence-corrected chi connectivity index (χ4v) is 4.55. The summed E-state index contributed by atoms with van der Waals surface area (Å²) in [5.41, 5.74) is 0.981. The van der Waals surface area contributed by atoms with E-state index in [9.17, 15) is 9.59 Å². The lowest BCUT2D eigenvalue weighted by Gasteiger charge is -2.43. The van der Waals surface area contributed by atoms with E-state index >= 15 is 0 Å². The predicted molar refractivity (Wildman–Crippen MR) is 130 cm³/mol. The van der Waals surface area contributed by atoms with Gasteiger partial charge in [0.1, 0.15) is 18.0 Å². The lowest BCUT2D eigenvalue weighted by Crippen LogP contribution is -2.58. The molecule has 1 aromatic carbocycles. The van der Waals surface area contributed by atoms with Gasteiger partial charge in [0.05, 0.1) is 39.0 Å². The van der Waals surface area contributed by atoms with Gasteiger partial charge in [-0.1, -0.05) is 11.6 Å². The number of rotatable bonds is 8. The molecule has 0 N–H and O–H groups in total. The maximum absolute atomic E-state index is 13.2. The summed E-state index contributed by atoms with van der Waals surface area (Å²) in [4.78, 5) is 29.9. The smallest absolute Gasteiger partial charge is 0.225 e. The van der Waals surface area contributed by atoms with Gasteiger partial charge in [-0.2, -0.15) is 5.10 Å². The number of carbonyl (C=O) groups excluding carboxylic acids is 2. The van der Waals surface area contributed by atoms with Crippen molar-refractivity contribution in [2.45, 2.75) is 31.8 Å². The molecule has 2 saturated heterocycles. The Morgan fingerprint density at radius 3 is 2.63 bits per heavy atom. The average molecular weight is 505 g/mol. The normalized spacial score (nSPS) is 20.7. The zero-order valence-electron chi connectivity index (χ0n) is 20.4. The molecule has 2 fully saturated rings. The lowest BCUT2D eigenvalue weighted by atomic mass is 9.96. The highest BCUT2D eigenvalue weighted by Crippen LogP contribution is 2.28. The quantitative estimate of drug-likeness (QED) is 0.548. The summed E-state index contributed by atoms with van der Waals surface area (Å²) in [7, 11) is 1.86. The highest BCUT2D eigenvalue weighted by Gasteiger charge is 2.42. The number of aromatic nitrogens is 2. The van der Waals surface area contributed by atoms with Crippen LogP contribution in [0.3, 0.4) is 0 Å². The number of hydrogen-bond acceptors (Lipinski definition) is 6. The Kier molecular flexibility index (Phi) is 8.30. The van der Waals surface area contributed by atoms with Crippen LogP contribution in [0.25, 0.3) is 0 Å². The second kappa shape index (κ2) is 11.4. The van der Waals surface area contributed by atoms with Crippen LogP contribution in [0.15, 0.2) is 30.6 Å². The molecule has 2 amide bonds. The van der Waals surface area contributed by atoms with Gasteiger partial charge in [-0.25, -0.2) is 0 Å². The first-order valence-electron chi connectivity index (χ1n) is 12.0. The number of morpholine rings is 2. The number of carbonyl (C=O) groups is 2. The Labute approximate surface area is 210 Å². The van der Waals surface area contributed by atoms with Gasteiger partial charge >= 0.3 is 0 Å². The molecule has 3 heterocycles. The van der Waals surface area contributed by atoms with Gasteiger partial charge in [-0.3, -0.25) is 14.3 Å². The van der Waals surface area contributed by atoms with E-state index in [2.05, 4.69) is 5.10 Å². The third-order valence-electron chi connectivity index (χ3n) is 6.46. The van der Waals surface area contributed by atoms with Crippen LogP contribution in [0.5, 0.6) is 5.75 Å². The summed E-state index contributed by atoms with van der Waals surface area (Å²) < 4.78 is 19.4. The minimum absolute atomic E-state index is 0.0196. The van der Waals surface area contributed by atoms with Crippen LogP contribution >= 0.6 is 11.6 Å². The van der Waals surface area contributed by atoms with Crippen LogP contribution in [-0.4, -0.2) is 89.6 Å². The van der Waals surface area contributed by atoms with Crippen molar-refractivity contribution >= 4 is 23.4 Å². The Hall–Kier alpha value is -2.62. The van der Waals surface area contributed by atoms with E-state index < -0.39 is 5.60 Å². The summed E-state index contributed by atoms with van der Waals surface area (Å²) in [5.74, 6) is 0.658. The summed E-state index contributed by atoms with van der Waals surface area (Å²) in [5, 5.41) is 4.83. The third kappa shape index (κ3) is 6.74. The van der Waals surface area contributed by atoms with Crippen LogP contribution in [0.1, 0.15) is 24.0 Å². The molecule has 35 heavy (non-hydrogen) atoms. The van der Waals surface area contributed by atoms with Crippen molar-refractivity contribution in [1.82, 2.24) is 19.6 Å². The highest BCUT2D eigenvalue weighted by atomic mass is 35.5. The Balaban J connectivity index is 1.46. The van der Waals surface area contributed by atoms with Gasteiger partial charge in [0, 0.05) is 44.3 Å². The van der Waals surface area contributed by atoms with Crippen LogP contribution in [0.4, 0.5) is 0 Å². The average Bonchev–Trinajstić information content (AvgIpc) is 3.29. The number of aryl methyl sites for hydroxylation is 3. The molecule has 0 radical (unpaired) electrons. The van der Waals surface area contributed by atoms with Gasteiger partial charge in [0.15, 0.2) is 0 Å². The number of halogens is 1. The molecule has 1 unspecified atom stereocenters. The second-order valence-electron chi connectivity index (χ2n) is 9.24. The van der Waals surface area contributed by atoms with Gasteiger partial charge < -0.3 is 24.0 Å². The van der Waals surface area contributed by atoms with Crippen LogP contribution in [-0.2, 0) is 32.5 Å². The molecule has 1 aromatic heterocycles. The fourth-order valence-electron chi connectivity index (χ4n) is 4.44. The van der Waals surface area contributed by atoms with Crippen molar-refractivity contribution in [3.05, 3.63) is 46.7 Å². The molecule has 0 bridgehead atoms. The van der Waals surface area contributed by atoms with E-state index in [1.807, 2.05) is 26.2 Å². The van der Waals surface area contributed by atoms with E-state index in [0.717, 1.165) is 11.1 Å². The van der Waals surface area contributed by atoms with Crippen molar-refractivity contribution in [3.8, 4) is 5.75 Å². The second-order valence-corrected chi connectivity index (χ2v) is 9.65. The van der Waals surface area contributed by atoms with Crippen LogP contribution in [0, 0.1) is 6.92 Å². The van der Waals surface area contributed by atoms with Crippen molar-refractivity contribution in [3.63, 3.8) is 0 Å². The lowest BCUT2D eigenvalue weighted by molar-refractivity contribution is -0.167. The van der Waals surface area contributed by atoms with Crippen molar-refractivity contribution in [2.24, 2.45) is 7.05 Å². The Morgan fingerprint density at radius 1 is 1.14 bits per heavy atom. The van der Waals surface area contributed by atoms with Gasteiger partial charge in [-0.15, -0.1) is 0 Å². The molecule has 0 saturated carbocycles. The van der Waals surface area contributed by atoms with E-state index in [-0.39, 0.29) is 24.8 Å². The van der Waals surface area contributed by atoms with Crippen LogP contribution in [0.2, 0.25) is 5.02 Å². The molecule has 0 aliphatic carbocycles. The number of nitrogens with zero attached hydrogens (tertiary/aromatic N) is 4. The van der Waals surface area contributed by atoms with Gasteiger partial charge in [0.25, 0.3) is 0 Å². The first kappa shape index (κ1) is 25.5. The maximum atomic E-state index is 13.2. The van der Waals surface area contributed by atoms with Crippen LogP contribution < -0.4 is 4.74 Å². The van der Waals surface area contributed by atoms with Crippen molar-refractivity contribution < 1.29 is 23.8 Å². The summed E-state index contributed by atoms with van der Waals surface area (Å²) >= 11 is 6.15. The molecule has 1 atom stereocenters. The number of hydrogen-bond donors (Lipinski definition) is 0. The number of benzene rings is 1. The SMILES string of the molecule is Cc1cc(OCC2(CC(=O)N3CCOCC3)CN(C(=O)CCc3cnn(C)c3)CCO2)ccc1Cl. The van der Waals surface area contributed by atoms with Gasteiger partial charge in [0.2, 0.25) is 11.8 Å². The maximum Gasteiger partial charge on any atom is 0.225 e. The molecular formula is C25H33ClN4O5. The zero-order chi connectivity index (χ0) is 24.8. The minimum Gasteiger partial charge on any atom is -0.490 e. The molecule has 2 aliphatic heterocycles. The summed E-state index contributed by atoms with van der Waals surface area (Å²) in [6.07, 6.45) is 4.81. The first-order valence-corrected chi connectivity index (χ1v) is 12.4. The molecule has 9 nitrogen and oxygen atoms in total. The molecule has 2 aromatic rings. The highest BCUT2D eigenvalue weighted by molar-refractivity contribution is 6.31. The largest absolute Gasteiger partial charge is 0.490 e. The molecule has 2 aliphatic rings. The summed E-state index contributed by atoms with van der Waals surface area (Å²) in [6, 6.07) is 5.44. The predicted octanol–water partition coefficient (Wildman–Crippen LogP) is 2.24. The van der Waals surface area contributed by atoms with Gasteiger partial charge in [-0.05, 0) is 42.7 Å². The van der Waals surface area contributed by atoms with Crippen molar-refractivity contribution in [1.29, 1.82) is 0 Å². The third-order valence-corrected chi connectivity index (χ3v) is 6.88. The molecule has 0 spiro atoms. The van der Waals surface area contributed by atoms with Crippen molar-refractivity contribution in [2.75, 3.05) is 52.6 Å².